The molecule has 0 bridgehead atoms. The van der Waals surface area contributed by atoms with Crippen molar-refractivity contribution < 1.29 is 14.3 Å². The first-order valence-corrected chi connectivity index (χ1v) is 12.3. The zero-order valence-corrected chi connectivity index (χ0v) is 20.6. The maximum absolute atomic E-state index is 14.5. The van der Waals surface area contributed by atoms with E-state index < -0.39 is 0 Å². The van der Waals surface area contributed by atoms with Gasteiger partial charge in [-0.1, -0.05) is 66.4 Å². The fourth-order valence-electron chi connectivity index (χ4n) is 4.93. The van der Waals surface area contributed by atoms with Crippen LogP contribution in [0.3, 0.4) is 0 Å². The number of para-hydroxylation sites is 1. The maximum atomic E-state index is 14.5. The molecule has 0 aliphatic heterocycles. The number of hydrogen-bond donors (Lipinski definition) is 1. The number of halogens is 1. The normalized spacial score (nSPS) is 18.9. The van der Waals surface area contributed by atoms with E-state index in [4.69, 9.17) is 0 Å². The molecule has 0 fully saturated rings. The highest BCUT2D eigenvalue weighted by atomic mass is 19.1. The van der Waals surface area contributed by atoms with Crippen molar-refractivity contribution in [3.05, 3.63) is 35.5 Å². The summed E-state index contributed by atoms with van der Waals surface area (Å²) in [7, 11) is 0. The van der Waals surface area contributed by atoms with Gasteiger partial charge in [-0.3, -0.25) is 4.79 Å². The molecule has 1 aliphatic rings. The number of aliphatic hydroxyl groups is 1. The van der Waals surface area contributed by atoms with Gasteiger partial charge in [-0.15, -0.1) is 10.2 Å². The molecular formula is C26H37FN4O2. The third-order valence-corrected chi connectivity index (χ3v) is 6.88. The number of carbonyl (C=O) groups excluding carboxylic acids is 1. The van der Waals surface area contributed by atoms with Crippen molar-refractivity contribution in [2.45, 2.75) is 86.1 Å². The van der Waals surface area contributed by atoms with E-state index in [9.17, 15) is 14.3 Å². The number of nitrogens with zero attached hydrogens (tertiary/aromatic N) is 4. The van der Waals surface area contributed by atoms with Crippen LogP contribution in [0.2, 0.25) is 0 Å². The number of azo groups is 1. The molecule has 0 saturated carbocycles. The Morgan fingerprint density at radius 1 is 1.21 bits per heavy atom. The van der Waals surface area contributed by atoms with Crippen molar-refractivity contribution in [1.29, 1.82) is 0 Å². The number of aliphatic hydroxyl groups excluding tert-OH is 1. The van der Waals surface area contributed by atoms with Gasteiger partial charge in [0.1, 0.15) is 17.1 Å². The summed E-state index contributed by atoms with van der Waals surface area (Å²) in [6, 6.07) is 4.74. The largest absolute Gasteiger partial charge is 0.510 e. The summed E-state index contributed by atoms with van der Waals surface area (Å²) < 4.78 is 16.2. The number of allylic oxidation sites excluding steroid dienone is 2. The van der Waals surface area contributed by atoms with Crippen LogP contribution < -0.4 is 0 Å². The Labute approximate surface area is 196 Å². The van der Waals surface area contributed by atoms with E-state index >= 15 is 0 Å². The second kappa shape index (κ2) is 10.6. The number of Topliss-reactive ketones (excluding diaryl/α,β-unsaturated/α-hetero) is 1. The monoisotopic (exact) mass is 456 g/mol. The zero-order chi connectivity index (χ0) is 24.2. The third kappa shape index (κ3) is 5.17. The lowest BCUT2D eigenvalue weighted by atomic mass is 9.62. The number of ketones is 1. The van der Waals surface area contributed by atoms with Gasteiger partial charge < -0.3 is 9.67 Å². The smallest absolute Gasteiger partial charge is 0.250 e. The van der Waals surface area contributed by atoms with Crippen molar-refractivity contribution in [3.63, 3.8) is 0 Å². The van der Waals surface area contributed by atoms with Crippen LogP contribution in [0.25, 0.3) is 11.0 Å². The fraction of sp³-hybridized carbons (Fsp3) is 0.615. The van der Waals surface area contributed by atoms with Crippen molar-refractivity contribution in [2.75, 3.05) is 0 Å². The van der Waals surface area contributed by atoms with Crippen LogP contribution in [-0.4, -0.2) is 20.4 Å². The van der Waals surface area contributed by atoms with E-state index in [0.717, 1.165) is 38.5 Å². The molecular weight excluding hydrogens is 419 g/mol. The number of carbonyl (C=O) groups is 1. The van der Waals surface area contributed by atoms with Gasteiger partial charge >= 0.3 is 0 Å². The number of fused-ring (bicyclic) bond motifs is 1. The lowest BCUT2D eigenvalue weighted by Crippen LogP contribution is -2.39. The van der Waals surface area contributed by atoms with Crippen molar-refractivity contribution >= 4 is 22.8 Å². The number of hydrogen-bond acceptors (Lipinski definition) is 5. The molecule has 180 valence electrons. The van der Waals surface area contributed by atoms with E-state index in [2.05, 4.69) is 29.1 Å². The number of imidazole rings is 1. The first-order chi connectivity index (χ1) is 15.7. The second-order valence-electron chi connectivity index (χ2n) is 9.85. The zero-order valence-electron chi connectivity index (χ0n) is 20.6. The Hall–Kier alpha value is -2.57. The van der Waals surface area contributed by atoms with E-state index in [-0.39, 0.29) is 46.3 Å². The lowest BCUT2D eigenvalue weighted by molar-refractivity contribution is -0.125. The Bertz CT molecular complexity index is 1050. The van der Waals surface area contributed by atoms with Gasteiger partial charge in [0.05, 0.1) is 5.52 Å². The molecule has 1 aliphatic carbocycles. The highest BCUT2D eigenvalue weighted by molar-refractivity contribution is 5.98. The van der Waals surface area contributed by atoms with Crippen molar-refractivity contribution in [1.82, 2.24) is 9.55 Å². The van der Waals surface area contributed by atoms with E-state index in [1.54, 1.807) is 16.7 Å². The highest BCUT2D eigenvalue weighted by Gasteiger charge is 2.45. The van der Waals surface area contributed by atoms with E-state index in [1.165, 1.54) is 6.07 Å². The number of unbranched alkanes of at least 4 members (excludes halogenated alkanes) is 2. The summed E-state index contributed by atoms with van der Waals surface area (Å²) in [6.45, 7) is 10.8. The topological polar surface area (TPSA) is 79.8 Å². The summed E-state index contributed by atoms with van der Waals surface area (Å²) in [6.07, 6.45) is 6.41. The minimum Gasteiger partial charge on any atom is -0.510 e. The molecule has 33 heavy (non-hydrogen) atoms. The molecule has 0 saturated heterocycles. The van der Waals surface area contributed by atoms with Crippen LogP contribution in [0.15, 0.2) is 39.9 Å². The van der Waals surface area contributed by atoms with Crippen molar-refractivity contribution in [2.24, 2.45) is 27.5 Å². The SMILES string of the molecule is CCCCC1(CCCC)CC(O)=C(N=Nc2nc3cccc(F)c3n2CC(C)C)C(=O)C1C. The predicted octanol–water partition coefficient (Wildman–Crippen LogP) is 7.66. The molecule has 7 heteroatoms. The van der Waals surface area contributed by atoms with Crippen molar-refractivity contribution in [3.8, 4) is 0 Å². The molecule has 1 atom stereocenters. The lowest BCUT2D eigenvalue weighted by Gasteiger charge is -2.41. The van der Waals surface area contributed by atoms with Crippen LogP contribution in [0.4, 0.5) is 10.3 Å². The summed E-state index contributed by atoms with van der Waals surface area (Å²) in [5, 5.41) is 19.3. The van der Waals surface area contributed by atoms with Crippen LogP contribution >= 0.6 is 0 Å². The van der Waals surface area contributed by atoms with E-state index in [1.807, 2.05) is 20.8 Å². The molecule has 1 aromatic heterocycles. The molecule has 3 rings (SSSR count). The van der Waals surface area contributed by atoms with Crippen LogP contribution in [0.5, 0.6) is 0 Å². The average molecular weight is 457 g/mol. The van der Waals surface area contributed by atoms with Crippen LogP contribution in [0, 0.1) is 23.1 Å². The van der Waals surface area contributed by atoms with Gasteiger partial charge in [0, 0.05) is 18.9 Å². The van der Waals surface area contributed by atoms with Gasteiger partial charge in [-0.05, 0) is 36.3 Å². The number of benzene rings is 1. The first-order valence-electron chi connectivity index (χ1n) is 12.3. The second-order valence-corrected chi connectivity index (χ2v) is 9.85. The van der Waals surface area contributed by atoms with Gasteiger partial charge in [0.15, 0.2) is 11.5 Å². The summed E-state index contributed by atoms with van der Waals surface area (Å²) in [5.74, 6) is -0.314. The molecule has 0 spiro atoms. The van der Waals surface area contributed by atoms with Gasteiger partial charge in [0.25, 0.3) is 5.95 Å². The Morgan fingerprint density at radius 2 is 1.88 bits per heavy atom. The van der Waals surface area contributed by atoms with Crippen LogP contribution in [0.1, 0.15) is 79.6 Å². The highest BCUT2D eigenvalue weighted by Crippen LogP contribution is 2.48. The summed E-state index contributed by atoms with van der Waals surface area (Å²) in [5.41, 5.74) is 0.638. The standard InChI is InChI=1S/C26H37FN4O2/c1-6-8-13-26(14-9-7-2)15-21(32)22(24(33)18(26)5)29-30-25-28-20-12-10-11-19(27)23(20)31(25)16-17(3)4/h10-12,17-18,32H,6-9,13-16H2,1-5H3. The van der Waals surface area contributed by atoms with Gasteiger partial charge in [-0.25, -0.2) is 9.37 Å². The Morgan fingerprint density at radius 3 is 2.48 bits per heavy atom. The minimum absolute atomic E-state index is 0.00626. The molecule has 1 heterocycles. The first kappa shape index (κ1) is 25.1. The summed E-state index contributed by atoms with van der Waals surface area (Å²) >= 11 is 0. The van der Waals surface area contributed by atoms with Crippen LogP contribution in [-0.2, 0) is 11.3 Å². The minimum atomic E-state index is -0.372. The summed E-state index contributed by atoms with van der Waals surface area (Å²) in [4.78, 5) is 17.8. The molecule has 1 unspecified atom stereocenters. The van der Waals surface area contributed by atoms with Gasteiger partial charge in [-0.2, -0.15) is 0 Å². The molecule has 6 nitrogen and oxygen atoms in total. The maximum Gasteiger partial charge on any atom is 0.250 e. The molecule has 1 N–H and O–H groups in total. The number of rotatable bonds is 10. The quantitative estimate of drug-likeness (QED) is 0.373. The average Bonchev–Trinajstić information content (AvgIpc) is 3.12. The molecule has 2 aromatic rings. The predicted molar refractivity (Wildman–Crippen MR) is 129 cm³/mol. The molecule has 0 radical (unpaired) electrons. The fourth-order valence-corrected chi connectivity index (χ4v) is 4.93. The van der Waals surface area contributed by atoms with Gasteiger partial charge in [0.2, 0.25) is 0 Å². The number of aromatic nitrogens is 2. The van der Waals surface area contributed by atoms with E-state index in [0.29, 0.717) is 24.0 Å². The molecule has 1 aromatic carbocycles. The Kier molecular flexibility index (Phi) is 8.03. The Balaban J connectivity index is 1.99. The molecule has 0 amide bonds. The third-order valence-electron chi connectivity index (χ3n) is 6.88.